The zero-order valence-electron chi connectivity index (χ0n) is 11.9. The molecule has 0 aliphatic heterocycles. The van der Waals surface area contributed by atoms with Gasteiger partial charge in [-0.2, -0.15) is 0 Å². The van der Waals surface area contributed by atoms with Gasteiger partial charge in [-0.15, -0.1) is 4.85 Å². The third-order valence-electron chi connectivity index (χ3n) is 2.96. The van der Waals surface area contributed by atoms with Crippen LogP contribution in [-0.4, -0.2) is 28.2 Å². The fraction of sp³-hybridized carbons (Fsp3) is 0.200. The first kappa shape index (κ1) is 14.6. The molecule has 6 heteroatoms. The molecule has 21 heavy (non-hydrogen) atoms. The lowest BCUT2D eigenvalue weighted by Crippen LogP contribution is -2.10. The van der Waals surface area contributed by atoms with Crippen LogP contribution >= 0.6 is 0 Å². The zero-order valence-corrected chi connectivity index (χ0v) is 11.9. The normalized spacial score (nSPS) is 10.2. The first-order chi connectivity index (χ1) is 10.0. The molecule has 110 valence electrons. The van der Waals surface area contributed by atoms with E-state index < -0.39 is 5.97 Å². The van der Waals surface area contributed by atoms with E-state index >= 15 is 0 Å². The van der Waals surface area contributed by atoms with Gasteiger partial charge in [-0.1, -0.05) is 29.4 Å². The molecule has 1 aromatic carbocycles. The van der Waals surface area contributed by atoms with Crippen molar-refractivity contribution in [1.82, 2.24) is 9.94 Å². The van der Waals surface area contributed by atoms with Gasteiger partial charge in [0, 0.05) is 11.6 Å². The fourth-order valence-electron chi connectivity index (χ4n) is 1.96. The average Bonchev–Trinajstić information content (AvgIpc) is 2.89. The molecule has 0 aliphatic carbocycles. The summed E-state index contributed by atoms with van der Waals surface area (Å²) in [5.41, 5.74) is 2.72. The van der Waals surface area contributed by atoms with Crippen molar-refractivity contribution >= 4 is 11.5 Å². The van der Waals surface area contributed by atoms with Gasteiger partial charge in [0.1, 0.15) is 6.61 Å². The molecule has 0 atom stereocenters. The van der Waals surface area contributed by atoms with Crippen LogP contribution in [0.15, 0.2) is 37.0 Å². The Morgan fingerprint density at radius 2 is 2.10 bits per heavy atom. The minimum absolute atomic E-state index is 0.116. The van der Waals surface area contributed by atoms with Crippen LogP contribution in [0, 0.1) is 0 Å². The van der Waals surface area contributed by atoms with Gasteiger partial charge in [-0.3, -0.25) is 0 Å². The SMILES string of the molecule is C=C(C)c1cccc(C(=O)OC)c1COc1ccn(O)n1. The largest absolute Gasteiger partial charge is 0.472 e. The Labute approximate surface area is 122 Å². The molecule has 1 aromatic heterocycles. The van der Waals surface area contributed by atoms with Crippen molar-refractivity contribution in [3.05, 3.63) is 53.7 Å². The van der Waals surface area contributed by atoms with E-state index in [2.05, 4.69) is 11.7 Å². The van der Waals surface area contributed by atoms with Crippen molar-refractivity contribution in [3.8, 4) is 5.88 Å². The Balaban J connectivity index is 2.34. The van der Waals surface area contributed by atoms with Crippen molar-refractivity contribution in [1.29, 1.82) is 0 Å². The maximum Gasteiger partial charge on any atom is 0.338 e. The van der Waals surface area contributed by atoms with E-state index in [-0.39, 0.29) is 12.5 Å². The number of hydrogen-bond donors (Lipinski definition) is 1. The number of carbonyl (C=O) groups is 1. The lowest BCUT2D eigenvalue weighted by molar-refractivity contribution is 0.0597. The molecule has 0 saturated carbocycles. The summed E-state index contributed by atoms with van der Waals surface area (Å²) in [6.45, 7) is 5.87. The van der Waals surface area contributed by atoms with Crippen molar-refractivity contribution < 1.29 is 19.5 Å². The summed E-state index contributed by atoms with van der Waals surface area (Å²) in [6, 6.07) is 6.81. The molecular weight excluding hydrogens is 272 g/mol. The minimum Gasteiger partial charge on any atom is -0.472 e. The van der Waals surface area contributed by atoms with Crippen LogP contribution in [0.3, 0.4) is 0 Å². The van der Waals surface area contributed by atoms with Gasteiger partial charge in [0.2, 0.25) is 5.88 Å². The molecule has 0 saturated heterocycles. The van der Waals surface area contributed by atoms with Crippen LogP contribution in [0.4, 0.5) is 0 Å². The standard InChI is InChI=1S/C15H16N2O4/c1-10(2)11-5-4-6-12(15(18)20-3)13(11)9-21-14-7-8-17(19)16-14/h4-8,19H,1,9H2,2-3H3. The first-order valence-electron chi connectivity index (χ1n) is 6.26. The van der Waals surface area contributed by atoms with E-state index in [0.717, 1.165) is 11.1 Å². The lowest BCUT2D eigenvalue weighted by atomic mass is 9.97. The summed E-state index contributed by atoms with van der Waals surface area (Å²) in [5, 5.41) is 12.8. The predicted molar refractivity (Wildman–Crippen MR) is 76.2 cm³/mol. The zero-order chi connectivity index (χ0) is 15.4. The van der Waals surface area contributed by atoms with Gasteiger partial charge in [-0.05, 0) is 18.6 Å². The second-order valence-electron chi connectivity index (χ2n) is 4.47. The van der Waals surface area contributed by atoms with Crippen LogP contribution < -0.4 is 4.74 Å². The van der Waals surface area contributed by atoms with Crippen molar-refractivity contribution in [2.45, 2.75) is 13.5 Å². The van der Waals surface area contributed by atoms with E-state index in [1.807, 2.05) is 13.0 Å². The highest BCUT2D eigenvalue weighted by atomic mass is 16.5. The van der Waals surface area contributed by atoms with Crippen LogP contribution in [0.25, 0.3) is 5.57 Å². The Morgan fingerprint density at radius 3 is 2.67 bits per heavy atom. The maximum atomic E-state index is 11.9. The Kier molecular flexibility index (Phi) is 4.27. The maximum absolute atomic E-state index is 11.9. The van der Waals surface area contributed by atoms with Gasteiger partial charge < -0.3 is 14.7 Å². The van der Waals surface area contributed by atoms with E-state index in [9.17, 15) is 4.79 Å². The monoisotopic (exact) mass is 288 g/mol. The summed E-state index contributed by atoms with van der Waals surface area (Å²) in [7, 11) is 1.33. The second-order valence-corrected chi connectivity index (χ2v) is 4.47. The van der Waals surface area contributed by atoms with Gasteiger partial charge in [0.05, 0.1) is 18.9 Å². The molecule has 1 heterocycles. The molecule has 1 N–H and O–H groups in total. The van der Waals surface area contributed by atoms with E-state index in [4.69, 9.17) is 14.7 Å². The summed E-state index contributed by atoms with van der Waals surface area (Å²) >= 11 is 0. The summed E-state index contributed by atoms with van der Waals surface area (Å²) in [6.07, 6.45) is 1.35. The van der Waals surface area contributed by atoms with Crippen molar-refractivity contribution in [2.75, 3.05) is 7.11 Å². The second kappa shape index (κ2) is 6.13. The number of ether oxygens (including phenoxy) is 2. The molecule has 0 amide bonds. The van der Waals surface area contributed by atoms with Gasteiger partial charge >= 0.3 is 5.97 Å². The third kappa shape index (κ3) is 3.22. The molecule has 0 bridgehead atoms. The topological polar surface area (TPSA) is 73.6 Å². The van der Waals surface area contributed by atoms with Crippen LogP contribution in [0.2, 0.25) is 0 Å². The van der Waals surface area contributed by atoms with Crippen LogP contribution in [0.1, 0.15) is 28.4 Å². The molecule has 2 aromatic rings. The lowest BCUT2D eigenvalue weighted by Gasteiger charge is -2.13. The fourth-order valence-corrected chi connectivity index (χ4v) is 1.96. The highest BCUT2D eigenvalue weighted by Crippen LogP contribution is 2.23. The number of benzene rings is 1. The molecule has 0 aliphatic rings. The molecule has 6 nitrogen and oxygen atoms in total. The number of rotatable bonds is 5. The third-order valence-corrected chi connectivity index (χ3v) is 2.96. The Morgan fingerprint density at radius 1 is 1.38 bits per heavy atom. The molecule has 0 radical (unpaired) electrons. The minimum atomic E-state index is -0.440. The quantitative estimate of drug-likeness (QED) is 0.676. The molecule has 0 fully saturated rings. The number of nitrogens with zero attached hydrogens (tertiary/aromatic N) is 2. The highest BCUT2D eigenvalue weighted by Gasteiger charge is 2.16. The Bertz CT molecular complexity index is 676. The van der Waals surface area contributed by atoms with Gasteiger partial charge in [0.25, 0.3) is 0 Å². The predicted octanol–water partition coefficient (Wildman–Crippen LogP) is 2.52. The summed E-state index contributed by atoms with van der Waals surface area (Å²) in [4.78, 5) is 12.5. The molecule has 2 rings (SSSR count). The molecular formula is C15H16N2O4. The van der Waals surface area contributed by atoms with Gasteiger partial charge in [0.15, 0.2) is 0 Å². The molecule has 0 spiro atoms. The first-order valence-corrected chi connectivity index (χ1v) is 6.26. The number of methoxy groups -OCH3 is 1. The Hall–Kier alpha value is -2.76. The van der Waals surface area contributed by atoms with E-state index in [0.29, 0.717) is 16.0 Å². The number of esters is 1. The van der Waals surface area contributed by atoms with Crippen LogP contribution in [0.5, 0.6) is 5.88 Å². The summed E-state index contributed by atoms with van der Waals surface area (Å²) < 4.78 is 10.3. The van der Waals surface area contributed by atoms with E-state index in [1.54, 1.807) is 12.1 Å². The number of allylic oxidation sites excluding steroid dienone is 1. The molecule has 0 unspecified atom stereocenters. The van der Waals surface area contributed by atoms with E-state index in [1.165, 1.54) is 19.4 Å². The number of carbonyl (C=O) groups excluding carboxylic acids is 1. The average molecular weight is 288 g/mol. The highest BCUT2D eigenvalue weighted by molar-refractivity contribution is 5.92. The number of aromatic nitrogens is 2. The van der Waals surface area contributed by atoms with Crippen molar-refractivity contribution in [3.63, 3.8) is 0 Å². The summed E-state index contributed by atoms with van der Waals surface area (Å²) in [5.74, 6) is -0.186. The smallest absolute Gasteiger partial charge is 0.338 e. The van der Waals surface area contributed by atoms with Gasteiger partial charge in [-0.25, -0.2) is 4.79 Å². The van der Waals surface area contributed by atoms with Crippen molar-refractivity contribution in [2.24, 2.45) is 0 Å². The number of hydrogen-bond acceptors (Lipinski definition) is 5. The van der Waals surface area contributed by atoms with Crippen LogP contribution in [-0.2, 0) is 11.3 Å².